The third-order valence-electron chi connectivity index (χ3n) is 1.73. The minimum absolute atomic E-state index is 0.212. The Labute approximate surface area is 96.1 Å². The molecule has 0 fully saturated rings. The van der Waals surface area contributed by atoms with Crippen LogP contribution in [0.4, 0.5) is 0 Å². The molecule has 5 heteroatoms. The summed E-state index contributed by atoms with van der Waals surface area (Å²) in [4.78, 5) is 21.8. The van der Waals surface area contributed by atoms with E-state index in [1.54, 1.807) is 13.8 Å². The van der Waals surface area contributed by atoms with Crippen LogP contribution in [0.3, 0.4) is 0 Å². The average Bonchev–Trinajstić information content (AvgIpc) is 2.24. The topological polar surface area (TPSA) is 61.8 Å². The van der Waals surface area contributed by atoms with Crippen molar-refractivity contribution in [3.63, 3.8) is 0 Å². The van der Waals surface area contributed by atoms with E-state index < -0.39 is 0 Å². The van der Waals surface area contributed by atoms with Gasteiger partial charge in [0.25, 0.3) is 0 Å². The van der Waals surface area contributed by atoms with Crippen LogP contribution in [0.15, 0.2) is 0 Å². The van der Waals surface area contributed by atoms with Gasteiger partial charge in [-0.15, -0.1) is 0 Å². The van der Waals surface area contributed by atoms with Crippen LogP contribution in [0, 0.1) is 0 Å². The van der Waals surface area contributed by atoms with Crippen molar-refractivity contribution in [2.75, 3.05) is 26.4 Å². The predicted octanol–water partition coefficient (Wildman–Crippen LogP) is 1.30. The molecule has 0 aromatic carbocycles. The van der Waals surface area contributed by atoms with Crippen molar-refractivity contribution < 1.29 is 23.8 Å². The monoisotopic (exact) mass is 232 g/mol. The van der Waals surface area contributed by atoms with Gasteiger partial charge in [-0.2, -0.15) is 0 Å². The van der Waals surface area contributed by atoms with E-state index in [9.17, 15) is 9.59 Å². The van der Waals surface area contributed by atoms with Crippen LogP contribution < -0.4 is 0 Å². The van der Waals surface area contributed by atoms with Gasteiger partial charge in [0.15, 0.2) is 0 Å². The van der Waals surface area contributed by atoms with Crippen molar-refractivity contribution in [1.29, 1.82) is 0 Å². The maximum absolute atomic E-state index is 10.9. The van der Waals surface area contributed by atoms with Gasteiger partial charge in [0.05, 0.1) is 26.2 Å². The van der Waals surface area contributed by atoms with Gasteiger partial charge in [-0.1, -0.05) is 0 Å². The molecule has 0 saturated heterocycles. The Morgan fingerprint density at radius 3 is 2.00 bits per heavy atom. The lowest BCUT2D eigenvalue weighted by molar-refractivity contribution is -0.145. The summed E-state index contributed by atoms with van der Waals surface area (Å²) >= 11 is 0. The first-order valence-electron chi connectivity index (χ1n) is 5.59. The molecule has 0 unspecified atom stereocenters. The highest BCUT2D eigenvalue weighted by Crippen LogP contribution is 1.95. The molecule has 16 heavy (non-hydrogen) atoms. The number of hydrogen-bond donors (Lipinski definition) is 0. The molecular formula is C11H20O5. The molecule has 0 aliphatic carbocycles. The molecule has 0 rings (SSSR count). The highest BCUT2D eigenvalue weighted by Gasteiger charge is 2.02. The van der Waals surface area contributed by atoms with Crippen LogP contribution in [0.2, 0.25) is 0 Å². The molecule has 0 radical (unpaired) electrons. The number of rotatable bonds is 9. The van der Waals surface area contributed by atoms with Gasteiger partial charge in [-0.05, 0) is 20.3 Å². The van der Waals surface area contributed by atoms with E-state index in [2.05, 4.69) is 0 Å². The van der Waals surface area contributed by atoms with Gasteiger partial charge in [0.2, 0.25) is 0 Å². The van der Waals surface area contributed by atoms with Crippen molar-refractivity contribution in [3.05, 3.63) is 0 Å². The largest absolute Gasteiger partial charge is 0.466 e. The Morgan fingerprint density at radius 2 is 1.44 bits per heavy atom. The summed E-state index contributed by atoms with van der Waals surface area (Å²) in [6.07, 6.45) is 1.22. The number of carbonyl (C=O) groups is 2. The van der Waals surface area contributed by atoms with E-state index in [1.165, 1.54) is 0 Å². The molecular weight excluding hydrogens is 212 g/mol. The van der Waals surface area contributed by atoms with E-state index in [0.29, 0.717) is 39.3 Å². The third kappa shape index (κ3) is 9.45. The van der Waals surface area contributed by atoms with Crippen LogP contribution in [0.1, 0.15) is 33.1 Å². The quantitative estimate of drug-likeness (QED) is 0.443. The van der Waals surface area contributed by atoms with Gasteiger partial charge in [-0.25, -0.2) is 0 Å². The van der Waals surface area contributed by atoms with Crippen LogP contribution >= 0.6 is 0 Å². The zero-order chi connectivity index (χ0) is 12.2. The Bertz CT molecular complexity index is 181. The molecule has 5 nitrogen and oxygen atoms in total. The lowest BCUT2D eigenvalue weighted by Crippen LogP contribution is -2.09. The predicted molar refractivity (Wildman–Crippen MR) is 57.9 cm³/mol. The van der Waals surface area contributed by atoms with Gasteiger partial charge in [0.1, 0.15) is 0 Å². The summed E-state index contributed by atoms with van der Waals surface area (Å²) in [6.45, 7) is 5.12. The lowest BCUT2D eigenvalue weighted by Gasteiger charge is -2.04. The van der Waals surface area contributed by atoms with Crippen molar-refractivity contribution in [2.45, 2.75) is 33.1 Å². The van der Waals surface area contributed by atoms with E-state index in [1.807, 2.05) is 0 Å². The summed E-state index contributed by atoms with van der Waals surface area (Å²) in [5, 5.41) is 0. The summed E-state index contributed by atoms with van der Waals surface area (Å²) in [5.74, 6) is -0.468. The molecule has 0 saturated carbocycles. The van der Waals surface area contributed by atoms with Crippen LogP contribution in [-0.4, -0.2) is 38.4 Å². The van der Waals surface area contributed by atoms with E-state index in [-0.39, 0.29) is 18.4 Å². The fraction of sp³-hybridized carbons (Fsp3) is 0.818. The number of ether oxygens (including phenoxy) is 3. The molecule has 0 aromatic rings. The Balaban J connectivity index is 3.21. The van der Waals surface area contributed by atoms with E-state index >= 15 is 0 Å². The second kappa shape index (κ2) is 10.4. The number of esters is 2. The molecule has 0 bridgehead atoms. The third-order valence-corrected chi connectivity index (χ3v) is 1.73. The van der Waals surface area contributed by atoms with E-state index in [4.69, 9.17) is 14.2 Å². The normalized spacial score (nSPS) is 9.88. The van der Waals surface area contributed by atoms with Gasteiger partial charge in [0, 0.05) is 13.0 Å². The second-order valence-electron chi connectivity index (χ2n) is 3.08. The minimum Gasteiger partial charge on any atom is -0.466 e. The molecule has 0 aliphatic heterocycles. The summed E-state index contributed by atoms with van der Waals surface area (Å²) in [5.41, 5.74) is 0. The Morgan fingerprint density at radius 1 is 0.875 bits per heavy atom. The fourth-order valence-electron chi connectivity index (χ4n) is 1.04. The fourth-order valence-corrected chi connectivity index (χ4v) is 1.04. The molecule has 0 spiro atoms. The molecule has 0 atom stereocenters. The summed E-state index contributed by atoms with van der Waals surface area (Å²) in [6, 6.07) is 0. The summed E-state index contributed by atoms with van der Waals surface area (Å²) < 4.78 is 14.6. The standard InChI is InChI=1S/C11H20O5/c1-3-15-10(12)6-5-8-14-9-7-11(13)16-4-2/h3-9H2,1-2H3. The van der Waals surface area contributed by atoms with Gasteiger partial charge in [-0.3, -0.25) is 9.59 Å². The van der Waals surface area contributed by atoms with Crippen molar-refractivity contribution in [1.82, 2.24) is 0 Å². The molecule has 0 heterocycles. The SMILES string of the molecule is CCOC(=O)CCCOCCC(=O)OCC. The Kier molecular flexibility index (Phi) is 9.70. The first-order chi connectivity index (χ1) is 7.70. The molecule has 0 aliphatic rings. The zero-order valence-corrected chi connectivity index (χ0v) is 9.99. The van der Waals surface area contributed by atoms with Crippen molar-refractivity contribution in [2.24, 2.45) is 0 Å². The summed E-state index contributed by atoms with van der Waals surface area (Å²) in [7, 11) is 0. The Hall–Kier alpha value is -1.10. The van der Waals surface area contributed by atoms with Crippen LogP contribution in [0.5, 0.6) is 0 Å². The zero-order valence-electron chi connectivity index (χ0n) is 9.99. The smallest absolute Gasteiger partial charge is 0.308 e. The average molecular weight is 232 g/mol. The number of hydrogen-bond acceptors (Lipinski definition) is 5. The first kappa shape index (κ1) is 14.9. The van der Waals surface area contributed by atoms with Crippen LogP contribution in [-0.2, 0) is 23.8 Å². The second-order valence-corrected chi connectivity index (χ2v) is 3.08. The lowest BCUT2D eigenvalue weighted by atomic mass is 10.3. The minimum atomic E-state index is -0.257. The maximum Gasteiger partial charge on any atom is 0.308 e. The van der Waals surface area contributed by atoms with Crippen LogP contribution in [0.25, 0.3) is 0 Å². The van der Waals surface area contributed by atoms with Crippen molar-refractivity contribution in [3.8, 4) is 0 Å². The van der Waals surface area contributed by atoms with Crippen molar-refractivity contribution >= 4 is 11.9 Å². The molecule has 0 N–H and O–H groups in total. The first-order valence-corrected chi connectivity index (χ1v) is 5.59. The molecule has 0 amide bonds. The maximum atomic E-state index is 10.9. The van der Waals surface area contributed by atoms with Gasteiger partial charge >= 0.3 is 11.9 Å². The highest BCUT2D eigenvalue weighted by atomic mass is 16.5. The van der Waals surface area contributed by atoms with E-state index in [0.717, 1.165) is 0 Å². The van der Waals surface area contributed by atoms with Gasteiger partial charge < -0.3 is 14.2 Å². The molecule has 94 valence electrons. The highest BCUT2D eigenvalue weighted by molar-refractivity contribution is 5.69. The molecule has 0 aromatic heterocycles. The number of carbonyl (C=O) groups excluding carboxylic acids is 2.